The van der Waals surface area contributed by atoms with Gasteiger partial charge in [0.1, 0.15) is 0 Å². The number of aromatic nitrogens is 2. The Kier molecular flexibility index (Phi) is 5.92. The molecule has 6 nitrogen and oxygen atoms in total. The number of benzene rings is 2. The van der Waals surface area contributed by atoms with Gasteiger partial charge >= 0.3 is 0 Å². The second kappa shape index (κ2) is 8.76. The highest BCUT2D eigenvalue weighted by molar-refractivity contribution is 6.30. The number of nitrogens with zero attached hydrogens (tertiary/aromatic N) is 4. The fourth-order valence-electron chi connectivity index (χ4n) is 3.39. The summed E-state index contributed by atoms with van der Waals surface area (Å²) in [5.41, 5.74) is 2.83. The van der Waals surface area contributed by atoms with E-state index < -0.39 is 0 Å². The van der Waals surface area contributed by atoms with E-state index in [4.69, 9.17) is 16.0 Å². The van der Waals surface area contributed by atoms with Gasteiger partial charge in [0.15, 0.2) is 0 Å². The fraction of sp³-hybridized carbons (Fsp3) is 0.318. The monoisotopic (exact) mass is 410 g/mol. The highest BCUT2D eigenvalue weighted by Crippen LogP contribution is 2.21. The molecule has 4 rings (SSSR count). The van der Waals surface area contributed by atoms with E-state index in [0.717, 1.165) is 30.6 Å². The van der Waals surface area contributed by atoms with Crippen LogP contribution in [0.2, 0.25) is 5.02 Å². The second-order valence-corrected chi connectivity index (χ2v) is 7.56. The summed E-state index contributed by atoms with van der Waals surface area (Å²) in [5, 5.41) is 8.95. The number of carbonyl (C=O) groups excluding carboxylic acids is 1. The van der Waals surface area contributed by atoms with E-state index in [-0.39, 0.29) is 5.91 Å². The maximum Gasteiger partial charge on any atom is 0.253 e. The van der Waals surface area contributed by atoms with Gasteiger partial charge in [-0.25, -0.2) is 0 Å². The summed E-state index contributed by atoms with van der Waals surface area (Å²) < 4.78 is 5.79. The van der Waals surface area contributed by atoms with E-state index in [1.54, 1.807) is 12.1 Å². The van der Waals surface area contributed by atoms with Crippen molar-refractivity contribution in [1.82, 2.24) is 20.0 Å². The van der Waals surface area contributed by atoms with Crippen LogP contribution in [0.5, 0.6) is 0 Å². The second-order valence-electron chi connectivity index (χ2n) is 7.13. The van der Waals surface area contributed by atoms with Gasteiger partial charge in [0.2, 0.25) is 11.8 Å². The van der Waals surface area contributed by atoms with E-state index in [1.165, 1.54) is 5.56 Å². The minimum absolute atomic E-state index is 0.0927. The van der Waals surface area contributed by atoms with Gasteiger partial charge in [-0.15, -0.1) is 10.2 Å². The third kappa shape index (κ3) is 4.66. The molecule has 1 amide bonds. The molecule has 0 atom stereocenters. The van der Waals surface area contributed by atoms with Crippen molar-refractivity contribution in [3.05, 3.63) is 70.6 Å². The predicted octanol–water partition coefficient (Wildman–Crippen LogP) is 3.91. The molecule has 0 N–H and O–H groups in total. The highest BCUT2D eigenvalue weighted by atomic mass is 35.5. The van der Waals surface area contributed by atoms with E-state index in [1.807, 2.05) is 41.3 Å². The topological polar surface area (TPSA) is 62.5 Å². The van der Waals surface area contributed by atoms with Gasteiger partial charge in [-0.05, 0) is 48.4 Å². The Balaban J connectivity index is 1.32. The Labute approximate surface area is 175 Å². The smallest absolute Gasteiger partial charge is 0.253 e. The van der Waals surface area contributed by atoms with Crippen molar-refractivity contribution in [1.29, 1.82) is 0 Å². The Morgan fingerprint density at radius 3 is 2.34 bits per heavy atom. The molecular formula is C22H23ClN4O2. The average Bonchev–Trinajstić information content (AvgIpc) is 3.23. The summed E-state index contributed by atoms with van der Waals surface area (Å²) in [6.07, 6.45) is 0.975. The number of amides is 1. The summed E-state index contributed by atoms with van der Waals surface area (Å²) in [6.45, 7) is 5.61. The molecular weight excluding hydrogens is 388 g/mol. The van der Waals surface area contributed by atoms with Crippen LogP contribution in [0.4, 0.5) is 0 Å². The van der Waals surface area contributed by atoms with E-state index in [9.17, 15) is 4.79 Å². The normalized spacial score (nSPS) is 14.9. The first-order valence-corrected chi connectivity index (χ1v) is 10.2. The van der Waals surface area contributed by atoms with Crippen molar-refractivity contribution in [2.75, 3.05) is 26.2 Å². The third-order valence-corrected chi connectivity index (χ3v) is 5.44. The van der Waals surface area contributed by atoms with Crippen LogP contribution in [0.3, 0.4) is 0 Å². The fourth-order valence-corrected chi connectivity index (χ4v) is 3.52. The molecule has 1 saturated heterocycles. The van der Waals surface area contributed by atoms with Crippen LogP contribution in [-0.2, 0) is 13.0 Å². The van der Waals surface area contributed by atoms with E-state index in [0.29, 0.717) is 36.4 Å². The number of aryl methyl sites for hydroxylation is 1. The summed E-state index contributed by atoms with van der Waals surface area (Å²) in [4.78, 5) is 16.8. The predicted molar refractivity (Wildman–Crippen MR) is 112 cm³/mol. The van der Waals surface area contributed by atoms with Gasteiger partial charge in [-0.1, -0.05) is 30.7 Å². The SMILES string of the molecule is CCc1ccc(C(=O)N2CCN(Cc3nnc(-c4ccc(Cl)cc4)o3)CC2)cc1. The molecule has 0 radical (unpaired) electrons. The molecule has 0 aliphatic carbocycles. The first-order chi connectivity index (χ1) is 14.1. The lowest BCUT2D eigenvalue weighted by Gasteiger charge is -2.34. The van der Waals surface area contributed by atoms with Crippen LogP contribution in [0.15, 0.2) is 52.9 Å². The maximum absolute atomic E-state index is 12.7. The van der Waals surface area contributed by atoms with Crippen LogP contribution in [0.25, 0.3) is 11.5 Å². The van der Waals surface area contributed by atoms with Crippen molar-refractivity contribution < 1.29 is 9.21 Å². The molecule has 0 saturated carbocycles. The van der Waals surface area contributed by atoms with Gasteiger partial charge in [0.05, 0.1) is 6.54 Å². The molecule has 2 aromatic carbocycles. The zero-order valence-corrected chi connectivity index (χ0v) is 17.1. The number of piperazine rings is 1. The van der Waals surface area contributed by atoms with Crippen LogP contribution in [0, 0.1) is 0 Å². The summed E-state index contributed by atoms with van der Waals surface area (Å²) in [6, 6.07) is 15.2. The molecule has 0 spiro atoms. The largest absolute Gasteiger partial charge is 0.419 e. The zero-order valence-electron chi connectivity index (χ0n) is 16.3. The standard InChI is InChI=1S/C22H23ClN4O2/c1-2-16-3-5-18(6-4-16)22(28)27-13-11-26(12-14-27)15-20-24-25-21(29-20)17-7-9-19(23)10-8-17/h3-10H,2,11-15H2,1H3. The van der Waals surface area contributed by atoms with Crippen molar-refractivity contribution >= 4 is 17.5 Å². The van der Waals surface area contributed by atoms with Crippen LogP contribution in [-0.4, -0.2) is 52.1 Å². The molecule has 29 heavy (non-hydrogen) atoms. The Morgan fingerprint density at radius 1 is 1.00 bits per heavy atom. The molecule has 3 aromatic rings. The number of carbonyl (C=O) groups is 1. The molecule has 0 unspecified atom stereocenters. The Hall–Kier alpha value is -2.70. The van der Waals surface area contributed by atoms with Crippen molar-refractivity contribution in [3.8, 4) is 11.5 Å². The molecule has 1 fully saturated rings. The summed E-state index contributed by atoms with van der Waals surface area (Å²) >= 11 is 5.92. The molecule has 2 heterocycles. The number of halogens is 1. The molecule has 1 aliphatic heterocycles. The highest BCUT2D eigenvalue weighted by Gasteiger charge is 2.23. The minimum Gasteiger partial charge on any atom is -0.419 e. The molecule has 1 aliphatic rings. The Bertz CT molecular complexity index is 961. The lowest BCUT2D eigenvalue weighted by molar-refractivity contribution is 0.0618. The van der Waals surface area contributed by atoms with Gasteiger partial charge < -0.3 is 9.32 Å². The average molecular weight is 411 g/mol. The molecule has 7 heteroatoms. The third-order valence-electron chi connectivity index (χ3n) is 5.19. The number of rotatable bonds is 5. The van der Waals surface area contributed by atoms with Crippen LogP contribution in [0.1, 0.15) is 28.7 Å². The van der Waals surface area contributed by atoms with E-state index >= 15 is 0 Å². The Morgan fingerprint density at radius 2 is 1.69 bits per heavy atom. The first kappa shape index (κ1) is 19.6. The lowest BCUT2D eigenvalue weighted by Crippen LogP contribution is -2.48. The first-order valence-electron chi connectivity index (χ1n) is 9.81. The zero-order chi connectivity index (χ0) is 20.2. The molecule has 150 valence electrons. The summed E-state index contributed by atoms with van der Waals surface area (Å²) in [5.74, 6) is 1.15. The van der Waals surface area contributed by atoms with Gasteiger partial charge in [0.25, 0.3) is 5.91 Å². The van der Waals surface area contributed by atoms with Crippen molar-refractivity contribution in [2.45, 2.75) is 19.9 Å². The molecule has 0 bridgehead atoms. The number of hydrogen-bond donors (Lipinski definition) is 0. The molecule has 1 aromatic heterocycles. The van der Waals surface area contributed by atoms with Crippen molar-refractivity contribution in [3.63, 3.8) is 0 Å². The van der Waals surface area contributed by atoms with Gasteiger partial charge in [-0.2, -0.15) is 0 Å². The van der Waals surface area contributed by atoms with Crippen LogP contribution < -0.4 is 0 Å². The summed E-state index contributed by atoms with van der Waals surface area (Å²) in [7, 11) is 0. The van der Waals surface area contributed by atoms with Gasteiger partial charge in [0, 0.05) is 42.3 Å². The number of hydrogen-bond acceptors (Lipinski definition) is 5. The maximum atomic E-state index is 12.7. The van der Waals surface area contributed by atoms with E-state index in [2.05, 4.69) is 22.0 Å². The van der Waals surface area contributed by atoms with Gasteiger partial charge in [-0.3, -0.25) is 9.69 Å². The quantitative estimate of drug-likeness (QED) is 0.638. The lowest BCUT2D eigenvalue weighted by atomic mass is 10.1. The van der Waals surface area contributed by atoms with Crippen molar-refractivity contribution in [2.24, 2.45) is 0 Å². The van der Waals surface area contributed by atoms with Crippen LogP contribution >= 0.6 is 11.6 Å². The minimum atomic E-state index is 0.0927.